The Morgan fingerprint density at radius 3 is 2.94 bits per heavy atom. The fraction of sp³-hybridized carbons (Fsp3) is 0.0833. The van der Waals surface area contributed by atoms with Crippen LogP contribution in [-0.2, 0) is 0 Å². The normalized spacial score (nSPS) is 10.0. The van der Waals surface area contributed by atoms with E-state index in [-0.39, 0.29) is 5.76 Å². The molecule has 0 N–H and O–H groups in total. The number of para-hydroxylation sites is 1. The summed E-state index contributed by atoms with van der Waals surface area (Å²) in [6, 6.07) is 9.34. The van der Waals surface area contributed by atoms with Crippen LogP contribution in [0.3, 0.4) is 0 Å². The van der Waals surface area contributed by atoms with Crippen LogP contribution < -0.4 is 4.74 Å². The van der Waals surface area contributed by atoms with Crippen molar-refractivity contribution < 1.29 is 9.15 Å². The van der Waals surface area contributed by atoms with Gasteiger partial charge in [0, 0.05) is 4.48 Å². The molecule has 0 aliphatic heterocycles. The minimum Gasteiger partial charge on any atom is -0.483 e. The highest BCUT2D eigenvalue weighted by atomic mass is 79.9. The van der Waals surface area contributed by atoms with Crippen LogP contribution >= 0.6 is 15.9 Å². The third kappa shape index (κ3) is 1.95. The van der Waals surface area contributed by atoms with Crippen LogP contribution in [0.25, 0.3) is 11.0 Å². The number of halogens is 1. The molecule has 0 radical (unpaired) electrons. The van der Waals surface area contributed by atoms with Gasteiger partial charge in [0.25, 0.3) is 0 Å². The molecule has 4 heteroatoms. The van der Waals surface area contributed by atoms with E-state index in [1.807, 2.05) is 24.3 Å². The maximum Gasteiger partial charge on any atom is 0.246 e. The molecule has 0 saturated carbocycles. The molecule has 0 unspecified atom stereocenters. The Labute approximate surface area is 101 Å². The monoisotopic (exact) mass is 277 g/mol. The van der Waals surface area contributed by atoms with Gasteiger partial charge in [-0.3, -0.25) is 0 Å². The van der Waals surface area contributed by atoms with Gasteiger partial charge in [-0.1, -0.05) is 34.6 Å². The number of ether oxygens (including phenoxy) is 1. The summed E-state index contributed by atoms with van der Waals surface area (Å²) in [5.41, 5.74) is 0.647. The molecule has 0 spiro atoms. The minimum absolute atomic E-state index is 0.190. The molecule has 0 saturated heterocycles. The van der Waals surface area contributed by atoms with Gasteiger partial charge in [0.1, 0.15) is 18.3 Å². The van der Waals surface area contributed by atoms with Crippen molar-refractivity contribution in [3.63, 3.8) is 0 Å². The molecular weight excluding hydrogens is 270 g/mol. The summed E-state index contributed by atoms with van der Waals surface area (Å²) in [5.74, 6) is 0.661. The van der Waals surface area contributed by atoms with Crippen LogP contribution in [0.15, 0.2) is 39.7 Å². The van der Waals surface area contributed by atoms with E-state index in [0.29, 0.717) is 22.4 Å². The predicted molar refractivity (Wildman–Crippen MR) is 64.5 cm³/mol. The first-order chi connectivity index (χ1) is 7.72. The maximum absolute atomic E-state index is 8.93. The van der Waals surface area contributed by atoms with Gasteiger partial charge < -0.3 is 9.15 Å². The Morgan fingerprint density at radius 2 is 2.25 bits per heavy atom. The van der Waals surface area contributed by atoms with E-state index in [1.165, 1.54) is 0 Å². The molecule has 0 aliphatic carbocycles. The first-order valence-corrected chi connectivity index (χ1v) is 5.39. The van der Waals surface area contributed by atoms with Gasteiger partial charge in [0.2, 0.25) is 5.76 Å². The van der Waals surface area contributed by atoms with Crippen molar-refractivity contribution in [2.45, 2.75) is 0 Å². The smallest absolute Gasteiger partial charge is 0.246 e. The number of fused-ring (bicyclic) bond motifs is 1. The van der Waals surface area contributed by atoms with Crippen LogP contribution in [0.4, 0.5) is 0 Å². The molecule has 1 aromatic heterocycles. The summed E-state index contributed by atoms with van der Waals surface area (Å²) >= 11 is 3.20. The van der Waals surface area contributed by atoms with Gasteiger partial charge in [0.15, 0.2) is 5.75 Å². The third-order valence-electron chi connectivity index (χ3n) is 2.02. The topological polar surface area (TPSA) is 46.2 Å². The number of hydrogen-bond acceptors (Lipinski definition) is 3. The molecule has 2 aromatic rings. The Balaban J connectivity index is 2.48. The maximum atomic E-state index is 8.93. The number of rotatable bonds is 3. The molecule has 0 fully saturated rings. The molecule has 1 heterocycles. The highest BCUT2D eigenvalue weighted by molar-refractivity contribution is 9.11. The Kier molecular flexibility index (Phi) is 2.97. The number of hydrogen-bond donors (Lipinski definition) is 0. The summed E-state index contributed by atoms with van der Waals surface area (Å²) < 4.78 is 11.5. The van der Waals surface area contributed by atoms with Crippen LogP contribution in [0.5, 0.6) is 5.75 Å². The number of nitriles is 1. The second-order valence-corrected chi connectivity index (χ2v) is 4.30. The van der Waals surface area contributed by atoms with Crippen molar-refractivity contribution in [2.75, 3.05) is 6.61 Å². The van der Waals surface area contributed by atoms with Gasteiger partial charge >= 0.3 is 0 Å². The lowest BCUT2D eigenvalue weighted by atomic mass is 10.2. The lowest BCUT2D eigenvalue weighted by molar-refractivity contribution is 0.356. The lowest BCUT2D eigenvalue weighted by Gasteiger charge is -2.02. The number of nitrogens with zero attached hydrogens (tertiary/aromatic N) is 1. The SMILES string of the molecule is C=C(Br)COc1c(C#N)oc2ccccc12. The Morgan fingerprint density at radius 1 is 1.50 bits per heavy atom. The van der Waals surface area contributed by atoms with Gasteiger partial charge in [0.05, 0.1) is 5.39 Å². The van der Waals surface area contributed by atoms with Crippen molar-refractivity contribution in [3.05, 3.63) is 41.1 Å². The molecule has 2 rings (SSSR count). The van der Waals surface area contributed by atoms with Crippen LogP contribution in [0.1, 0.15) is 5.76 Å². The largest absolute Gasteiger partial charge is 0.483 e. The first-order valence-electron chi connectivity index (χ1n) is 4.60. The molecular formula is C12H8BrNO2. The lowest BCUT2D eigenvalue weighted by Crippen LogP contribution is -1.96. The fourth-order valence-electron chi connectivity index (χ4n) is 1.39. The molecule has 80 valence electrons. The van der Waals surface area contributed by atoms with E-state index in [4.69, 9.17) is 14.4 Å². The molecule has 0 amide bonds. The molecule has 1 aromatic carbocycles. The quantitative estimate of drug-likeness (QED) is 0.861. The fourth-order valence-corrected chi connectivity index (χ4v) is 1.50. The summed E-state index contributed by atoms with van der Waals surface area (Å²) in [7, 11) is 0. The molecule has 16 heavy (non-hydrogen) atoms. The zero-order valence-electron chi connectivity index (χ0n) is 8.37. The van der Waals surface area contributed by atoms with Crippen molar-refractivity contribution in [1.82, 2.24) is 0 Å². The van der Waals surface area contributed by atoms with Crippen molar-refractivity contribution in [2.24, 2.45) is 0 Å². The predicted octanol–water partition coefficient (Wildman–Crippen LogP) is 3.59. The second-order valence-electron chi connectivity index (χ2n) is 3.17. The second kappa shape index (κ2) is 4.42. The Hall–Kier alpha value is -1.73. The summed E-state index contributed by atoms with van der Waals surface area (Å²) in [6.07, 6.45) is 0. The van der Waals surface area contributed by atoms with E-state index in [0.717, 1.165) is 5.39 Å². The Bertz CT molecular complexity index is 580. The molecule has 0 bridgehead atoms. The summed E-state index contributed by atoms with van der Waals surface area (Å²) in [5, 5.41) is 9.73. The highest BCUT2D eigenvalue weighted by Gasteiger charge is 2.14. The van der Waals surface area contributed by atoms with Crippen LogP contribution in [-0.4, -0.2) is 6.61 Å². The molecule has 0 atom stereocenters. The van der Waals surface area contributed by atoms with Gasteiger partial charge in [-0.15, -0.1) is 0 Å². The molecule has 3 nitrogen and oxygen atoms in total. The van der Waals surface area contributed by atoms with Gasteiger partial charge in [-0.25, -0.2) is 0 Å². The van der Waals surface area contributed by atoms with Crippen molar-refractivity contribution in [1.29, 1.82) is 5.26 Å². The number of benzene rings is 1. The standard InChI is InChI=1S/C12H8BrNO2/c1-8(13)7-15-12-9-4-2-3-5-10(9)16-11(12)6-14/h2-5H,1,7H2. The van der Waals surface area contributed by atoms with Gasteiger partial charge in [-0.2, -0.15) is 5.26 Å². The van der Waals surface area contributed by atoms with Crippen molar-refractivity contribution >= 4 is 26.9 Å². The minimum atomic E-state index is 0.190. The van der Waals surface area contributed by atoms with E-state index in [9.17, 15) is 0 Å². The number of furan rings is 1. The average Bonchev–Trinajstić information content (AvgIpc) is 2.64. The van der Waals surface area contributed by atoms with E-state index >= 15 is 0 Å². The zero-order valence-corrected chi connectivity index (χ0v) is 9.95. The first kappa shape index (κ1) is 10.8. The summed E-state index contributed by atoms with van der Waals surface area (Å²) in [4.78, 5) is 0. The van der Waals surface area contributed by atoms with E-state index in [2.05, 4.69) is 22.5 Å². The molecule has 0 aliphatic rings. The third-order valence-corrected chi connectivity index (χ3v) is 2.25. The van der Waals surface area contributed by atoms with Gasteiger partial charge in [-0.05, 0) is 12.1 Å². The van der Waals surface area contributed by atoms with E-state index in [1.54, 1.807) is 6.07 Å². The van der Waals surface area contributed by atoms with Crippen molar-refractivity contribution in [3.8, 4) is 11.8 Å². The van der Waals surface area contributed by atoms with E-state index < -0.39 is 0 Å². The van der Waals surface area contributed by atoms with Crippen LogP contribution in [0.2, 0.25) is 0 Å². The zero-order chi connectivity index (χ0) is 11.5. The summed E-state index contributed by atoms with van der Waals surface area (Å²) in [6.45, 7) is 3.97. The highest BCUT2D eigenvalue weighted by Crippen LogP contribution is 2.32. The van der Waals surface area contributed by atoms with Crippen LogP contribution in [0, 0.1) is 11.3 Å². The average molecular weight is 278 g/mol.